The van der Waals surface area contributed by atoms with E-state index in [0.717, 1.165) is 6.42 Å². The zero-order chi connectivity index (χ0) is 8.20. The van der Waals surface area contributed by atoms with Crippen LogP contribution in [0.25, 0.3) is 0 Å². The van der Waals surface area contributed by atoms with E-state index in [1.165, 1.54) is 0 Å². The summed E-state index contributed by atoms with van der Waals surface area (Å²) in [7, 11) is 0. The van der Waals surface area contributed by atoms with Gasteiger partial charge in [-0.3, -0.25) is 0 Å². The molecule has 0 aromatic carbocycles. The molecular weight excluding hydrogens is 124 g/mol. The standard InChI is InChI=1S/C9H14O/c1-5-7-9(3,4)8(10)6-2/h2,5,8,10H,1,7H2,3-4H3/t8-/m0/s1. The number of hydrogen-bond acceptors (Lipinski definition) is 1. The first-order chi connectivity index (χ1) is 4.54. The van der Waals surface area contributed by atoms with E-state index in [0.29, 0.717) is 0 Å². The highest BCUT2D eigenvalue weighted by molar-refractivity contribution is 5.02. The number of terminal acetylenes is 1. The van der Waals surface area contributed by atoms with E-state index < -0.39 is 6.10 Å². The van der Waals surface area contributed by atoms with Crippen LogP contribution >= 0.6 is 0 Å². The fourth-order valence-electron chi connectivity index (χ4n) is 0.709. The smallest absolute Gasteiger partial charge is 0.119 e. The van der Waals surface area contributed by atoms with Crippen molar-refractivity contribution in [3.05, 3.63) is 12.7 Å². The number of aliphatic hydroxyl groups excluding tert-OH is 1. The van der Waals surface area contributed by atoms with Crippen molar-refractivity contribution in [3.63, 3.8) is 0 Å². The summed E-state index contributed by atoms with van der Waals surface area (Å²) < 4.78 is 0. The molecule has 56 valence electrons. The Balaban J connectivity index is 4.11. The van der Waals surface area contributed by atoms with Crippen LogP contribution in [0.1, 0.15) is 20.3 Å². The minimum absolute atomic E-state index is 0.240. The van der Waals surface area contributed by atoms with E-state index in [4.69, 9.17) is 6.42 Å². The fraction of sp³-hybridized carbons (Fsp3) is 0.556. The van der Waals surface area contributed by atoms with Gasteiger partial charge in [0.25, 0.3) is 0 Å². The minimum Gasteiger partial charge on any atom is -0.380 e. The van der Waals surface area contributed by atoms with Crippen molar-refractivity contribution in [2.24, 2.45) is 5.41 Å². The van der Waals surface area contributed by atoms with Gasteiger partial charge in [-0.05, 0) is 6.42 Å². The monoisotopic (exact) mass is 138 g/mol. The zero-order valence-electron chi connectivity index (χ0n) is 6.59. The Morgan fingerprint density at radius 2 is 2.30 bits per heavy atom. The highest BCUT2D eigenvalue weighted by atomic mass is 16.3. The third-order valence-electron chi connectivity index (χ3n) is 1.57. The largest absolute Gasteiger partial charge is 0.380 e. The first-order valence-corrected chi connectivity index (χ1v) is 3.29. The molecule has 0 radical (unpaired) electrons. The molecule has 1 heteroatoms. The molecular formula is C9H14O. The molecule has 1 atom stereocenters. The normalized spacial score (nSPS) is 13.8. The predicted molar refractivity (Wildman–Crippen MR) is 43.4 cm³/mol. The summed E-state index contributed by atoms with van der Waals surface area (Å²) >= 11 is 0. The van der Waals surface area contributed by atoms with Crippen LogP contribution in [0.5, 0.6) is 0 Å². The average molecular weight is 138 g/mol. The molecule has 0 unspecified atom stereocenters. The van der Waals surface area contributed by atoms with Gasteiger partial charge in [-0.15, -0.1) is 13.0 Å². The van der Waals surface area contributed by atoms with Gasteiger partial charge in [-0.1, -0.05) is 25.8 Å². The SMILES string of the molecule is C#C[C@H](O)C(C)(C)CC=C. The van der Waals surface area contributed by atoms with Gasteiger partial charge in [-0.25, -0.2) is 0 Å². The van der Waals surface area contributed by atoms with Crippen molar-refractivity contribution < 1.29 is 5.11 Å². The number of rotatable bonds is 3. The van der Waals surface area contributed by atoms with Crippen LogP contribution in [0.4, 0.5) is 0 Å². The second-order valence-electron chi connectivity index (χ2n) is 3.05. The quantitative estimate of drug-likeness (QED) is 0.463. The van der Waals surface area contributed by atoms with Gasteiger partial charge in [0.2, 0.25) is 0 Å². The molecule has 10 heavy (non-hydrogen) atoms. The van der Waals surface area contributed by atoms with Crippen LogP contribution in [0.2, 0.25) is 0 Å². The van der Waals surface area contributed by atoms with Gasteiger partial charge in [0.05, 0.1) is 0 Å². The molecule has 0 aliphatic heterocycles. The first-order valence-electron chi connectivity index (χ1n) is 3.29. The number of allylic oxidation sites excluding steroid dienone is 1. The highest BCUT2D eigenvalue weighted by Crippen LogP contribution is 2.24. The molecule has 1 N–H and O–H groups in total. The van der Waals surface area contributed by atoms with Crippen molar-refractivity contribution in [1.82, 2.24) is 0 Å². The van der Waals surface area contributed by atoms with E-state index in [9.17, 15) is 5.11 Å². The molecule has 0 saturated heterocycles. The van der Waals surface area contributed by atoms with E-state index in [-0.39, 0.29) is 5.41 Å². The summed E-state index contributed by atoms with van der Waals surface area (Å²) in [6.07, 6.45) is 6.88. The molecule has 0 aromatic heterocycles. The lowest BCUT2D eigenvalue weighted by atomic mass is 9.84. The highest BCUT2D eigenvalue weighted by Gasteiger charge is 2.23. The van der Waals surface area contributed by atoms with Crippen molar-refractivity contribution in [2.45, 2.75) is 26.4 Å². The van der Waals surface area contributed by atoms with Gasteiger partial charge in [0.1, 0.15) is 6.10 Å². The third-order valence-corrected chi connectivity index (χ3v) is 1.57. The second-order valence-corrected chi connectivity index (χ2v) is 3.05. The maximum atomic E-state index is 9.23. The Bertz CT molecular complexity index is 151. The summed E-state index contributed by atoms with van der Waals surface area (Å²) in [6, 6.07) is 0. The lowest BCUT2D eigenvalue weighted by Gasteiger charge is -2.24. The Kier molecular flexibility index (Phi) is 3.18. The molecule has 0 fully saturated rings. The molecule has 1 nitrogen and oxygen atoms in total. The first kappa shape index (κ1) is 9.26. The summed E-state index contributed by atoms with van der Waals surface area (Å²) in [4.78, 5) is 0. The maximum Gasteiger partial charge on any atom is 0.119 e. The van der Waals surface area contributed by atoms with Crippen molar-refractivity contribution in [2.75, 3.05) is 0 Å². The van der Waals surface area contributed by atoms with Crippen molar-refractivity contribution >= 4 is 0 Å². The Hall–Kier alpha value is -0.740. The Morgan fingerprint density at radius 1 is 1.80 bits per heavy atom. The minimum atomic E-state index is -0.675. The molecule has 0 spiro atoms. The summed E-state index contributed by atoms with van der Waals surface area (Å²) in [5.74, 6) is 2.30. The number of aliphatic hydroxyl groups is 1. The van der Waals surface area contributed by atoms with E-state index >= 15 is 0 Å². The number of hydrogen-bond donors (Lipinski definition) is 1. The lowest BCUT2D eigenvalue weighted by Crippen LogP contribution is -2.26. The van der Waals surface area contributed by atoms with Gasteiger partial charge < -0.3 is 5.11 Å². The van der Waals surface area contributed by atoms with Crippen LogP contribution in [-0.2, 0) is 0 Å². The summed E-state index contributed by atoms with van der Waals surface area (Å²) in [6.45, 7) is 7.41. The predicted octanol–water partition coefficient (Wildman–Crippen LogP) is 1.58. The van der Waals surface area contributed by atoms with Gasteiger partial charge >= 0.3 is 0 Å². The van der Waals surface area contributed by atoms with Crippen LogP contribution < -0.4 is 0 Å². The fourth-order valence-corrected chi connectivity index (χ4v) is 0.709. The average Bonchev–Trinajstić information content (AvgIpc) is 1.86. The van der Waals surface area contributed by atoms with E-state index in [1.807, 2.05) is 13.8 Å². The molecule has 0 bridgehead atoms. The topological polar surface area (TPSA) is 20.2 Å². The van der Waals surface area contributed by atoms with Crippen LogP contribution in [0.3, 0.4) is 0 Å². The summed E-state index contributed by atoms with van der Waals surface area (Å²) in [5, 5.41) is 9.23. The molecule has 0 aromatic rings. The maximum absolute atomic E-state index is 9.23. The van der Waals surface area contributed by atoms with Crippen LogP contribution in [0.15, 0.2) is 12.7 Å². The second kappa shape index (κ2) is 3.43. The molecule has 0 aliphatic rings. The van der Waals surface area contributed by atoms with Crippen LogP contribution in [0, 0.1) is 17.8 Å². The molecule has 0 amide bonds. The van der Waals surface area contributed by atoms with Crippen LogP contribution in [-0.4, -0.2) is 11.2 Å². The van der Waals surface area contributed by atoms with E-state index in [1.54, 1.807) is 6.08 Å². The van der Waals surface area contributed by atoms with Crippen molar-refractivity contribution in [1.29, 1.82) is 0 Å². The Morgan fingerprint density at radius 3 is 2.60 bits per heavy atom. The van der Waals surface area contributed by atoms with E-state index in [2.05, 4.69) is 12.5 Å². The van der Waals surface area contributed by atoms with Gasteiger partial charge in [-0.2, -0.15) is 0 Å². The van der Waals surface area contributed by atoms with Crippen molar-refractivity contribution in [3.8, 4) is 12.3 Å². The van der Waals surface area contributed by atoms with Gasteiger partial charge in [0.15, 0.2) is 0 Å². The zero-order valence-corrected chi connectivity index (χ0v) is 6.59. The Labute approximate surface area is 62.8 Å². The summed E-state index contributed by atoms with van der Waals surface area (Å²) in [5.41, 5.74) is -0.240. The third kappa shape index (κ3) is 2.24. The molecule has 0 aliphatic carbocycles. The molecule has 0 saturated carbocycles. The molecule has 0 rings (SSSR count). The van der Waals surface area contributed by atoms with Gasteiger partial charge in [0, 0.05) is 5.41 Å². The molecule has 0 heterocycles. The lowest BCUT2D eigenvalue weighted by molar-refractivity contribution is 0.101.